The minimum atomic E-state index is -4.38. The second-order valence-electron chi connectivity index (χ2n) is 4.69. The molecule has 1 aromatic carbocycles. The molecule has 1 aromatic rings. The van der Waals surface area contributed by atoms with Crippen LogP contribution in [0.1, 0.15) is 24.9 Å². The molecule has 1 amide bonds. The van der Waals surface area contributed by atoms with Crippen LogP contribution in [0.15, 0.2) is 24.3 Å². The minimum Gasteiger partial charge on any atom is -0.508 e. The van der Waals surface area contributed by atoms with Crippen molar-refractivity contribution in [3.05, 3.63) is 29.8 Å². The molecular weight excluding hydrogens is 287 g/mol. The fraction of sp³-hybridized carbons (Fsp3) is 0.500. The summed E-state index contributed by atoms with van der Waals surface area (Å²) >= 11 is 0. The number of hydrogen-bond acceptors (Lipinski definition) is 3. The van der Waals surface area contributed by atoms with Crippen molar-refractivity contribution >= 4 is 5.91 Å². The normalized spacial score (nSPS) is 13.0. The van der Waals surface area contributed by atoms with Crippen LogP contribution in [0, 0.1) is 0 Å². The number of rotatable bonds is 6. The summed E-state index contributed by atoms with van der Waals surface area (Å²) in [5.41, 5.74) is 0.819. The van der Waals surface area contributed by atoms with Crippen LogP contribution in [0.3, 0.4) is 0 Å². The monoisotopic (exact) mass is 305 g/mol. The average molecular weight is 305 g/mol. The Bertz CT molecular complexity index is 460. The molecule has 0 fully saturated rings. The summed E-state index contributed by atoms with van der Waals surface area (Å²) in [5, 5.41) is 9.21. The van der Waals surface area contributed by atoms with Crippen molar-refractivity contribution in [1.82, 2.24) is 4.90 Å². The van der Waals surface area contributed by atoms with Gasteiger partial charge in [0.05, 0.1) is 19.1 Å². The summed E-state index contributed by atoms with van der Waals surface area (Å²) in [6, 6.07) is 6.14. The van der Waals surface area contributed by atoms with Gasteiger partial charge in [-0.05, 0) is 24.6 Å². The summed E-state index contributed by atoms with van der Waals surface area (Å²) in [5.74, 6) is -0.182. The lowest BCUT2D eigenvalue weighted by atomic mass is 10.1. The summed E-state index contributed by atoms with van der Waals surface area (Å²) < 4.78 is 40.1. The van der Waals surface area contributed by atoms with Gasteiger partial charge < -0.3 is 14.7 Å². The number of carbonyl (C=O) groups excluding carboxylic acids is 1. The van der Waals surface area contributed by atoms with Gasteiger partial charge in [-0.25, -0.2) is 0 Å². The van der Waals surface area contributed by atoms with E-state index in [-0.39, 0.29) is 30.7 Å². The van der Waals surface area contributed by atoms with Gasteiger partial charge in [-0.3, -0.25) is 4.79 Å². The van der Waals surface area contributed by atoms with Gasteiger partial charge in [-0.1, -0.05) is 12.1 Å². The molecule has 0 saturated heterocycles. The SMILES string of the molecule is CC(c1ccc(O)cc1)N(C)C(=O)CCOCC(F)(F)F. The second kappa shape index (κ2) is 7.31. The van der Waals surface area contributed by atoms with E-state index in [9.17, 15) is 23.1 Å². The van der Waals surface area contributed by atoms with E-state index < -0.39 is 12.8 Å². The van der Waals surface area contributed by atoms with E-state index in [0.717, 1.165) is 5.56 Å². The van der Waals surface area contributed by atoms with E-state index in [2.05, 4.69) is 4.74 Å². The number of phenols is 1. The van der Waals surface area contributed by atoms with Crippen LogP contribution in [0.5, 0.6) is 5.75 Å². The standard InChI is InChI=1S/C14H18F3NO3/c1-10(11-3-5-12(19)6-4-11)18(2)13(20)7-8-21-9-14(15,16)17/h3-6,10,19H,7-9H2,1-2H3. The molecule has 0 heterocycles. The molecule has 1 rings (SSSR count). The third-order valence-corrected chi connectivity index (χ3v) is 3.08. The zero-order valence-electron chi connectivity index (χ0n) is 11.9. The highest BCUT2D eigenvalue weighted by atomic mass is 19.4. The second-order valence-corrected chi connectivity index (χ2v) is 4.69. The lowest BCUT2D eigenvalue weighted by Gasteiger charge is -2.25. The van der Waals surface area contributed by atoms with Crippen LogP contribution in [0.4, 0.5) is 13.2 Å². The highest BCUT2D eigenvalue weighted by Crippen LogP contribution is 2.21. The van der Waals surface area contributed by atoms with Crippen LogP contribution in [-0.2, 0) is 9.53 Å². The highest BCUT2D eigenvalue weighted by Gasteiger charge is 2.27. The van der Waals surface area contributed by atoms with Crippen molar-refractivity contribution in [3.63, 3.8) is 0 Å². The molecular formula is C14H18F3NO3. The van der Waals surface area contributed by atoms with Gasteiger partial charge in [0.2, 0.25) is 5.91 Å². The molecule has 21 heavy (non-hydrogen) atoms. The van der Waals surface area contributed by atoms with E-state index >= 15 is 0 Å². The number of ether oxygens (including phenoxy) is 1. The first kappa shape index (κ1) is 17.3. The zero-order valence-corrected chi connectivity index (χ0v) is 11.9. The van der Waals surface area contributed by atoms with Crippen LogP contribution in [0.25, 0.3) is 0 Å². The molecule has 0 aromatic heterocycles. The Balaban J connectivity index is 2.44. The molecule has 4 nitrogen and oxygen atoms in total. The Hall–Kier alpha value is -1.76. The van der Waals surface area contributed by atoms with Crippen LogP contribution < -0.4 is 0 Å². The van der Waals surface area contributed by atoms with Crippen LogP contribution in [0.2, 0.25) is 0 Å². The van der Waals surface area contributed by atoms with Gasteiger partial charge in [0, 0.05) is 7.05 Å². The summed E-state index contributed by atoms with van der Waals surface area (Å²) in [4.78, 5) is 13.3. The maximum atomic E-state index is 11.9. The summed E-state index contributed by atoms with van der Waals surface area (Å²) in [6.07, 6.45) is -4.50. The quantitative estimate of drug-likeness (QED) is 0.822. The largest absolute Gasteiger partial charge is 0.508 e. The van der Waals surface area contributed by atoms with Crippen molar-refractivity contribution in [2.45, 2.75) is 25.6 Å². The summed E-state index contributed by atoms with van der Waals surface area (Å²) in [6.45, 7) is 0.170. The van der Waals surface area contributed by atoms with Gasteiger partial charge in [0.15, 0.2) is 0 Å². The predicted octanol–water partition coefficient (Wildman–Crippen LogP) is 2.88. The molecule has 0 aliphatic rings. The topological polar surface area (TPSA) is 49.8 Å². The van der Waals surface area contributed by atoms with Crippen molar-refractivity contribution in [2.24, 2.45) is 0 Å². The molecule has 1 atom stereocenters. The number of phenolic OH excluding ortho intramolecular Hbond substituents is 1. The molecule has 1 unspecified atom stereocenters. The number of hydrogen-bond donors (Lipinski definition) is 1. The zero-order chi connectivity index (χ0) is 16.0. The Morgan fingerprint density at radius 1 is 1.33 bits per heavy atom. The van der Waals surface area contributed by atoms with Gasteiger partial charge >= 0.3 is 6.18 Å². The molecule has 0 spiro atoms. The molecule has 0 aliphatic heterocycles. The van der Waals surface area contributed by atoms with Crippen molar-refractivity contribution < 1.29 is 27.8 Å². The Labute approximate surface area is 121 Å². The fourth-order valence-electron chi connectivity index (χ4n) is 1.72. The molecule has 0 saturated carbocycles. The number of halogens is 3. The molecule has 118 valence electrons. The van der Waals surface area contributed by atoms with Gasteiger partial charge in [0.1, 0.15) is 12.4 Å². The number of nitrogens with zero attached hydrogens (tertiary/aromatic N) is 1. The van der Waals surface area contributed by atoms with Gasteiger partial charge in [-0.2, -0.15) is 13.2 Å². The molecule has 7 heteroatoms. The maximum absolute atomic E-state index is 11.9. The van der Waals surface area contributed by atoms with Crippen molar-refractivity contribution in [2.75, 3.05) is 20.3 Å². The van der Waals surface area contributed by atoms with Crippen molar-refractivity contribution in [3.8, 4) is 5.75 Å². The van der Waals surface area contributed by atoms with E-state index in [1.54, 1.807) is 26.1 Å². The van der Waals surface area contributed by atoms with E-state index in [0.29, 0.717) is 0 Å². The first-order chi connectivity index (χ1) is 9.70. The van der Waals surface area contributed by atoms with Gasteiger partial charge in [-0.15, -0.1) is 0 Å². The van der Waals surface area contributed by atoms with Gasteiger partial charge in [0.25, 0.3) is 0 Å². The van der Waals surface area contributed by atoms with Crippen LogP contribution >= 0.6 is 0 Å². The number of amides is 1. The molecule has 0 aliphatic carbocycles. The average Bonchev–Trinajstić information content (AvgIpc) is 2.41. The predicted molar refractivity (Wildman–Crippen MR) is 70.8 cm³/mol. The Kier molecular flexibility index (Phi) is 6.02. The first-order valence-electron chi connectivity index (χ1n) is 6.40. The lowest BCUT2D eigenvalue weighted by Crippen LogP contribution is -2.30. The maximum Gasteiger partial charge on any atom is 0.411 e. The number of carbonyl (C=O) groups is 1. The van der Waals surface area contributed by atoms with Crippen LogP contribution in [-0.4, -0.2) is 42.4 Å². The van der Waals surface area contributed by atoms with E-state index in [4.69, 9.17) is 0 Å². The highest BCUT2D eigenvalue weighted by molar-refractivity contribution is 5.76. The lowest BCUT2D eigenvalue weighted by molar-refractivity contribution is -0.175. The first-order valence-corrected chi connectivity index (χ1v) is 6.40. The fourth-order valence-corrected chi connectivity index (χ4v) is 1.72. The Morgan fingerprint density at radius 2 is 1.90 bits per heavy atom. The third kappa shape index (κ3) is 6.03. The number of benzene rings is 1. The smallest absolute Gasteiger partial charge is 0.411 e. The molecule has 0 bridgehead atoms. The summed E-state index contributed by atoms with van der Waals surface area (Å²) in [7, 11) is 1.57. The third-order valence-electron chi connectivity index (χ3n) is 3.08. The Morgan fingerprint density at radius 3 is 2.43 bits per heavy atom. The number of aromatic hydroxyl groups is 1. The molecule has 0 radical (unpaired) electrons. The molecule has 1 N–H and O–H groups in total. The van der Waals surface area contributed by atoms with Crippen molar-refractivity contribution in [1.29, 1.82) is 0 Å². The van der Waals surface area contributed by atoms with E-state index in [1.807, 2.05) is 0 Å². The van der Waals surface area contributed by atoms with E-state index in [1.165, 1.54) is 17.0 Å². The number of alkyl halides is 3. The minimum absolute atomic E-state index is 0.116.